The van der Waals surface area contributed by atoms with Gasteiger partial charge in [0.25, 0.3) is 0 Å². The standard InChI is InChI=1S/C18H20O2/c1-3-15(2)18(19,17-12-8-14-20-17)13-7-11-16-9-5-4-6-10-16/h4-6,8-10,12,14,19H,1,7,11,13H2,2H3. The van der Waals surface area contributed by atoms with E-state index in [1.807, 2.05) is 25.1 Å². The average Bonchev–Trinajstić information content (AvgIpc) is 3.02. The summed E-state index contributed by atoms with van der Waals surface area (Å²) in [5.41, 5.74) is 3.66. The van der Waals surface area contributed by atoms with Gasteiger partial charge in [-0.1, -0.05) is 36.9 Å². The minimum Gasteiger partial charge on any atom is -0.466 e. The fourth-order valence-electron chi connectivity index (χ4n) is 2.35. The van der Waals surface area contributed by atoms with Gasteiger partial charge in [0.2, 0.25) is 0 Å². The Hall–Kier alpha value is -2.02. The second kappa shape index (κ2) is 6.42. The summed E-state index contributed by atoms with van der Waals surface area (Å²) in [7, 11) is 0. The second-order valence-corrected chi connectivity index (χ2v) is 4.98. The van der Waals surface area contributed by atoms with Crippen LogP contribution in [0.25, 0.3) is 0 Å². The van der Waals surface area contributed by atoms with Crippen LogP contribution in [0.15, 0.2) is 71.0 Å². The molecule has 0 spiro atoms. The third kappa shape index (κ3) is 3.11. The molecular weight excluding hydrogens is 248 g/mol. The van der Waals surface area contributed by atoms with Crippen molar-refractivity contribution in [2.24, 2.45) is 0 Å². The molecule has 1 aromatic carbocycles. The molecule has 0 saturated carbocycles. The molecule has 2 aromatic rings. The minimum atomic E-state index is -1.11. The van der Waals surface area contributed by atoms with E-state index >= 15 is 0 Å². The quantitative estimate of drug-likeness (QED) is 0.796. The average molecular weight is 268 g/mol. The normalized spacial score (nSPS) is 13.5. The van der Waals surface area contributed by atoms with E-state index in [2.05, 4.69) is 24.4 Å². The molecule has 1 unspecified atom stereocenters. The molecule has 20 heavy (non-hydrogen) atoms. The molecule has 0 fully saturated rings. The Labute approximate surface area is 120 Å². The van der Waals surface area contributed by atoms with Crippen molar-refractivity contribution in [2.75, 3.05) is 0 Å². The van der Waals surface area contributed by atoms with E-state index in [0.717, 1.165) is 12.8 Å². The van der Waals surface area contributed by atoms with E-state index in [1.54, 1.807) is 18.4 Å². The smallest absolute Gasteiger partial charge is 0.150 e. The third-order valence-electron chi connectivity index (χ3n) is 3.66. The molecule has 0 bridgehead atoms. The van der Waals surface area contributed by atoms with Crippen molar-refractivity contribution in [1.29, 1.82) is 0 Å². The maximum absolute atomic E-state index is 10.9. The summed E-state index contributed by atoms with van der Waals surface area (Å²) >= 11 is 0. The summed E-state index contributed by atoms with van der Waals surface area (Å²) < 4.78 is 5.39. The molecule has 104 valence electrons. The van der Waals surface area contributed by atoms with E-state index in [9.17, 15) is 5.11 Å². The number of aliphatic hydroxyl groups is 1. The minimum absolute atomic E-state index is 0.555. The highest BCUT2D eigenvalue weighted by Gasteiger charge is 2.33. The van der Waals surface area contributed by atoms with Gasteiger partial charge < -0.3 is 9.52 Å². The second-order valence-electron chi connectivity index (χ2n) is 4.98. The molecule has 1 atom stereocenters. The zero-order valence-electron chi connectivity index (χ0n) is 11.8. The summed E-state index contributed by atoms with van der Waals surface area (Å²) in [4.78, 5) is 0. The predicted molar refractivity (Wildman–Crippen MR) is 80.3 cm³/mol. The van der Waals surface area contributed by atoms with Gasteiger partial charge in [0.05, 0.1) is 6.26 Å². The van der Waals surface area contributed by atoms with Gasteiger partial charge in [-0.05, 0) is 43.9 Å². The first kappa shape index (κ1) is 14.4. The summed E-state index contributed by atoms with van der Waals surface area (Å²) in [6, 6.07) is 13.8. The first-order valence-electron chi connectivity index (χ1n) is 6.84. The third-order valence-corrected chi connectivity index (χ3v) is 3.66. The van der Waals surface area contributed by atoms with Crippen LogP contribution in [0.3, 0.4) is 0 Å². The van der Waals surface area contributed by atoms with E-state index in [-0.39, 0.29) is 0 Å². The number of aryl methyl sites for hydroxylation is 1. The Balaban J connectivity index is 2.08. The highest BCUT2D eigenvalue weighted by Crippen LogP contribution is 2.34. The summed E-state index contributed by atoms with van der Waals surface area (Å²) in [6.45, 7) is 5.47. The molecule has 0 aliphatic carbocycles. The van der Waals surface area contributed by atoms with E-state index in [4.69, 9.17) is 4.42 Å². The van der Waals surface area contributed by atoms with Gasteiger partial charge in [-0.3, -0.25) is 0 Å². The van der Waals surface area contributed by atoms with E-state index in [0.29, 0.717) is 17.8 Å². The van der Waals surface area contributed by atoms with Gasteiger partial charge in [-0.15, -0.1) is 5.73 Å². The Morgan fingerprint density at radius 3 is 2.60 bits per heavy atom. The number of benzene rings is 1. The molecule has 0 saturated heterocycles. The predicted octanol–water partition coefficient (Wildman–Crippen LogP) is 4.22. The molecule has 2 rings (SSSR count). The van der Waals surface area contributed by atoms with E-state index < -0.39 is 5.60 Å². The van der Waals surface area contributed by atoms with Crippen molar-refractivity contribution in [3.8, 4) is 0 Å². The van der Waals surface area contributed by atoms with Crippen molar-refractivity contribution in [2.45, 2.75) is 31.8 Å². The first-order chi connectivity index (χ1) is 9.66. The fraction of sp³-hybridized carbons (Fsp3) is 0.278. The van der Waals surface area contributed by atoms with Crippen LogP contribution in [-0.4, -0.2) is 5.11 Å². The highest BCUT2D eigenvalue weighted by atomic mass is 16.4. The van der Waals surface area contributed by atoms with Gasteiger partial charge in [-0.2, -0.15) is 0 Å². The number of hydrogen-bond donors (Lipinski definition) is 1. The van der Waals surface area contributed by atoms with Gasteiger partial charge >= 0.3 is 0 Å². The van der Waals surface area contributed by atoms with Gasteiger partial charge in [-0.25, -0.2) is 0 Å². The fourth-order valence-corrected chi connectivity index (χ4v) is 2.35. The molecule has 1 N–H and O–H groups in total. The van der Waals surface area contributed by atoms with Gasteiger partial charge in [0.1, 0.15) is 11.4 Å². The van der Waals surface area contributed by atoms with Crippen molar-refractivity contribution in [3.63, 3.8) is 0 Å². The van der Waals surface area contributed by atoms with Crippen LogP contribution in [0.5, 0.6) is 0 Å². The van der Waals surface area contributed by atoms with Crippen LogP contribution < -0.4 is 0 Å². The van der Waals surface area contributed by atoms with Gasteiger partial charge in [0, 0.05) is 5.57 Å². The lowest BCUT2D eigenvalue weighted by molar-refractivity contribution is 0.0418. The molecular formula is C18H20O2. The summed E-state index contributed by atoms with van der Waals surface area (Å²) in [5, 5.41) is 10.9. The Morgan fingerprint density at radius 1 is 1.25 bits per heavy atom. The van der Waals surface area contributed by atoms with Crippen molar-refractivity contribution < 1.29 is 9.52 Å². The Bertz CT molecular complexity index is 577. The van der Waals surface area contributed by atoms with Crippen LogP contribution >= 0.6 is 0 Å². The molecule has 0 radical (unpaired) electrons. The van der Waals surface area contributed by atoms with Crippen molar-refractivity contribution in [3.05, 3.63) is 77.9 Å². The Morgan fingerprint density at radius 2 is 2.00 bits per heavy atom. The van der Waals surface area contributed by atoms with Crippen molar-refractivity contribution in [1.82, 2.24) is 0 Å². The maximum atomic E-state index is 10.9. The lowest BCUT2D eigenvalue weighted by Gasteiger charge is -2.26. The van der Waals surface area contributed by atoms with Crippen LogP contribution in [0.2, 0.25) is 0 Å². The largest absolute Gasteiger partial charge is 0.466 e. The van der Waals surface area contributed by atoms with Crippen LogP contribution in [0, 0.1) is 0 Å². The lowest BCUT2D eigenvalue weighted by Crippen LogP contribution is -2.26. The Kier molecular flexibility index (Phi) is 4.62. The van der Waals surface area contributed by atoms with Crippen LogP contribution in [0.4, 0.5) is 0 Å². The number of hydrogen-bond acceptors (Lipinski definition) is 2. The van der Waals surface area contributed by atoms with Crippen LogP contribution in [0.1, 0.15) is 31.1 Å². The topological polar surface area (TPSA) is 33.4 Å². The number of furan rings is 1. The van der Waals surface area contributed by atoms with E-state index in [1.165, 1.54) is 5.56 Å². The monoisotopic (exact) mass is 268 g/mol. The molecule has 1 heterocycles. The summed E-state index contributed by atoms with van der Waals surface area (Å²) in [6.07, 6.45) is 3.95. The molecule has 2 heteroatoms. The van der Waals surface area contributed by atoms with Gasteiger partial charge in [0.15, 0.2) is 0 Å². The number of rotatable bonds is 6. The molecule has 1 aromatic heterocycles. The molecule has 0 amide bonds. The molecule has 0 aliphatic heterocycles. The molecule has 0 aliphatic rings. The zero-order valence-corrected chi connectivity index (χ0v) is 11.8. The zero-order chi connectivity index (χ0) is 14.4. The summed E-state index contributed by atoms with van der Waals surface area (Å²) in [5.74, 6) is 0.555. The molecule has 2 nitrogen and oxygen atoms in total. The maximum Gasteiger partial charge on any atom is 0.150 e. The van der Waals surface area contributed by atoms with Crippen LogP contribution in [-0.2, 0) is 12.0 Å². The lowest BCUT2D eigenvalue weighted by atomic mass is 9.86. The van der Waals surface area contributed by atoms with Crippen molar-refractivity contribution >= 4 is 0 Å². The SMILES string of the molecule is C=C=C(C)C(O)(CCCc1ccccc1)c1ccco1. The first-order valence-corrected chi connectivity index (χ1v) is 6.84. The highest BCUT2D eigenvalue weighted by molar-refractivity contribution is 5.24.